The Balaban J connectivity index is 1.70. The molecule has 0 aliphatic heterocycles. The predicted octanol–water partition coefficient (Wildman–Crippen LogP) is 1.48. The summed E-state index contributed by atoms with van der Waals surface area (Å²) >= 11 is 0. The molecule has 1 aromatic carbocycles. The molecule has 2 amide bonds. The Hall–Kier alpha value is -3.57. The van der Waals surface area contributed by atoms with Gasteiger partial charge in [0.05, 0.1) is 17.7 Å². The van der Waals surface area contributed by atoms with Crippen molar-refractivity contribution >= 4 is 32.9 Å². The number of amides is 2. The van der Waals surface area contributed by atoms with Crippen LogP contribution in [0.2, 0.25) is 0 Å². The fourth-order valence-electron chi connectivity index (χ4n) is 2.49. The molecule has 0 saturated heterocycles. The van der Waals surface area contributed by atoms with Crippen molar-refractivity contribution in [1.82, 2.24) is 20.0 Å². The van der Waals surface area contributed by atoms with Crippen molar-refractivity contribution in [3.05, 3.63) is 60.4 Å². The minimum absolute atomic E-state index is 0.0288. The smallest absolute Gasteiger partial charge is 0.391 e. The maximum atomic E-state index is 12.7. The van der Waals surface area contributed by atoms with Crippen LogP contribution in [0.15, 0.2) is 59.8 Å². The first kappa shape index (κ1) is 21.1. The average molecular weight is 430 g/mol. The third-order valence-corrected chi connectivity index (χ3v) is 5.25. The van der Waals surface area contributed by atoms with Gasteiger partial charge in [-0.05, 0) is 18.2 Å². The summed E-state index contributed by atoms with van der Waals surface area (Å²) in [4.78, 5) is 31.8. The number of ether oxygens (including phenoxy) is 2. The van der Waals surface area contributed by atoms with Gasteiger partial charge in [-0.3, -0.25) is 9.78 Å². The molecule has 0 radical (unpaired) electrons. The van der Waals surface area contributed by atoms with Crippen LogP contribution < -0.4 is 14.8 Å². The number of sulfonamides is 1. The third-order valence-electron chi connectivity index (χ3n) is 3.88. The summed E-state index contributed by atoms with van der Waals surface area (Å²) < 4.78 is 37.1. The Kier molecular flexibility index (Phi) is 6.54. The zero-order valence-corrected chi connectivity index (χ0v) is 16.7. The van der Waals surface area contributed by atoms with Crippen molar-refractivity contribution in [3.63, 3.8) is 0 Å². The van der Waals surface area contributed by atoms with E-state index in [0.717, 1.165) is 6.20 Å². The fraction of sp³-hybridized carbons (Fsp3) is 0.158. The second kappa shape index (κ2) is 9.29. The minimum atomic E-state index is -4.17. The average Bonchev–Trinajstić information content (AvgIpc) is 2.73. The minimum Gasteiger partial charge on any atom is -0.391 e. The predicted molar refractivity (Wildman–Crippen MR) is 107 cm³/mol. The lowest BCUT2D eigenvalue weighted by molar-refractivity contribution is 0.0981. The molecule has 10 nitrogen and oxygen atoms in total. The van der Waals surface area contributed by atoms with Gasteiger partial charge in [0.1, 0.15) is 4.90 Å². The van der Waals surface area contributed by atoms with Crippen molar-refractivity contribution in [1.29, 1.82) is 0 Å². The summed E-state index contributed by atoms with van der Waals surface area (Å²) in [5, 5.41) is 3.07. The number of hydrogen-bond donors (Lipinski definition) is 2. The highest BCUT2D eigenvalue weighted by Crippen LogP contribution is 2.20. The summed E-state index contributed by atoms with van der Waals surface area (Å²) in [7, 11) is -2.68. The molecule has 30 heavy (non-hydrogen) atoms. The van der Waals surface area contributed by atoms with E-state index in [0.29, 0.717) is 12.0 Å². The second-order valence-corrected chi connectivity index (χ2v) is 7.61. The van der Waals surface area contributed by atoms with E-state index in [1.54, 1.807) is 24.3 Å². The van der Waals surface area contributed by atoms with Gasteiger partial charge in [-0.2, -0.15) is 0 Å². The number of methoxy groups -OCH3 is 1. The van der Waals surface area contributed by atoms with Crippen molar-refractivity contribution in [2.24, 2.45) is 0 Å². The molecule has 156 valence electrons. The normalized spacial score (nSPS) is 11.1. The molecule has 0 atom stereocenters. The summed E-state index contributed by atoms with van der Waals surface area (Å²) in [5.41, 5.74) is 0.223. The highest BCUT2D eigenvalue weighted by atomic mass is 32.2. The van der Waals surface area contributed by atoms with E-state index < -0.39 is 22.0 Å². The van der Waals surface area contributed by atoms with Gasteiger partial charge in [0.15, 0.2) is 0 Å². The van der Waals surface area contributed by atoms with E-state index in [1.807, 2.05) is 4.72 Å². The summed E-state index contributed by atoms with van der Waals surface area (Å²) in [6.45, 7) is 0.582. The molecule has 0 fully saturated rings. The second-order valence-electron chi connectivity index (χ2n) is 5.96. The summed E-state index contributed by atoms with van der Waals surface area (Å²) in [5.74, 6) is -0.936. The number of nitrogens with zero attached hydrogens (tertiary/aromatic N) is 2. The highest BCUT2D eigenvalue weighted by molar-refractivity contribution is 7.90. The number of rotatable bonds is 7. The molecule has 11 heteroatoms. The van der Waals surface area contributed by atoms with Gasteiger partial charge in [-0.1, -0.05) is 18.2 Å². The van der Waals surface area contributed by atoms with Crippen LogP contribution in [0, 0.1) is 0 Å². The first-order chi connectivity index (χ1) is 14.4. The van der Waals surface area contributed by atoms with E-state index in [-0.39, 0.29) is 28.4 Å². The number of carbonyl (C=O) groups is 2. The number of carbonyl (C=O) groups excluding carboxylic acids is 2. The van der Waals surface area contributed by atoms with E-state index in [9.17, 15) is 18.0 Å². The number of aromatic nitrogens is 2. The molecule has 0 unspecified atom stereocenters. The molecule has 0 saturated carbocycles. The number of nitrogens with one attached hydrogen (secondary N) is 2. The third kappa shape index (κ3) is 5.07. The maximum absolute atomic E-state index is 12.7. The van der Waals surface area contributed by atoms with Crippen LogP contribution in [0.25, 0.3) is 10.9 Å². The molecule has 2 N–H and O–H groups in total. The first-order valence-corrected chi connectivity index (χ1v) is 10.2. The lowest BCUT2D eigenvalue weighted by Gasteiger charge is -2.09. The van der Waals surface area contributed by atoms with Crippen molar-refractivity contribution < 1.29 is 27.5 Å². The Labute approximate surface area is 172 Å². The van der Waals surface area contributed by atoms with Crippen LogP contribution in [0.5, 0.6) is 5.88 Å². The van der Waals surface area contributed by atoms with Gasteiger partial charge in [-0.15, -0.1) is 0 Å². The molecular formula is C19H18N4O6S. The van der Waals surface area contributed by atoms with Crippen LogP contribution in [0.1, 0.15) is 10.4 Å². The van der Waals surface area contributed by atoms with Crippen LogP contribution in [-0.2, 0) is 14.8 Å². The van der Waals surface area contributed by atoms with Crippen molar-refractivity contribution in [3.8, 4) is 5.88 Å². The van der Waals surface area contributed by atoms with Crippen molar-refractivity contribution in [2.45, 2.75) is 4.90 Å². The number of para-hydroxylation sites is 1. The maximum Gasteiger partial charge on any atom is 0.414 e. The molecule has 0 aliphatic carbocycles. The zero-order chi connectivity index (χ0) is 21.6. The van der Waals surface area contributed by atoms with Gasteiger partial charge < -0.3 is 14.8 Å². The lowest BCUT2D eigenvalue weighted by Crippen LogP contribution is -2.31. The molecule has 2 heterocycles. The monoisotopic (exact) mass is 430 g/mol. The summed E-state index contributed by atoms with van der Waals surface area (Å²) in [6, 6.07) is 10.6. The Morgan fingerprint density at radius 1 is 1.07 bits per heavy atom. The molecule has 0 aliphatic rings. The zero-order valence-electron chi connectivity index (χ0n) is 15.9. The quantitative estimate of drug-likeness (QED) is 0.538. The van der Waals surface area contributed by atoms with Crippen LogP contribution in [-0.4, -0.2) is 50.6 Å². The number of pyridine rings is 2. The molecule has 3 rings (SSSR count). The molecular weight excluding hydrogens is 412 g/mol. The van der Waals surface area contributed by atoms with Gasteiger partial charge in [0.25, 0.3) is 15.9 Å². The largest absolute Gasteiger partial charge is 0.414 e. The molecule has 3 aromatic rings. The van der Waals surface area contributed by atoms with E-state index in [2.05, 4.69) is 15.3 Å². The van der Waals surface area contributed by atoms with Crippen LogP contribution in [0.3, 0.4) is 0 Å². The molecule has 0 spiro atoms. The van der Waals surface area contributed by atoms with Gasteiger partial charge in [0.2, 0.25) is 5.88 Å². The van der Waals surface area contributed by atoms with E-state index >= 15 is 0 Å². The Morgan fingerprint density at radius 2 is 1.87 bits per heavy atom. The van der Waals surface area contributed by atoms with Crippen LogP contribution >= 0.6 is 0 Å². The topological polar surface area (TPSA) is 137 Å². The van der Waals surface area contributed by atoms with Gasteiger partial charge in [0, 0.05) is 37.5 Å². The van der Waals surface area contributed by atoms with Gasteiger partial charge in [-0.25, -0.2) is 22.9 Å². The van der Waals surface area contributed by atoms with Crippen molar-refractivity contribution in [2.75, 3.05) is 20.3 Å². The summed E-state index contributed by atoms with van der Waals surface area (Å²) in [6.07, 6.45) is 1.84. The Morgan fingerprint density at radius 3 is 2.60 bits per heavy atom. The fourth-order valence-corrected chi connectivity index (χ4v) is 3.64. The van der Waals surface area contributed by atoms with Gasteiger partial charge >= 0.3 is 6.09 Å². The van der Waals surface area contributed by atoms with E-state index in [1.165, 1.54) is 31.5 Å². The Bertz CT molecular complexity index is 1160. The first-order valence-electron chi connectivity index (χ1n) is 8.72. The molecule has 2 aromatic heterocycles. The SMILES string of the molecule is COCCNC(=O)Oc1ccc(C(=O)NS(=O)(=O)c2cccc3cccnc23)cn1. The number of fused-ring (bicyclic) bond motifs is 1. The lowest BCUT2D eigenvalue weighted by atomic mass is 10.2. The standard InChI is InChI=1S/C19H18N4O6S/c1-28-11-10-21-19(25)29-16-8-7-14(12-22-16)18(24)23-30(26,27)15-6-2-4-13-5-3-9-20-17(13)15/h2-9,12H,10-11H2,1H3,(H,21,25)(H,23,24). The highest BCUT2D eigenvalue weighted by Gasteiger charge is 2.22. The molecule has 0 bridgehead atoms. The van der Waals surface area contributed by atoms with Crippen LogP contribution in [0.4, 0.5) is 4.79 Å². The number of benzene rings is 1. The van der Waals surface area contributed by atoms with E-state index in [4.69, 9.17) is 9.47 Å². The number of hydrogen-bond acceptors (Lipinski definition) is 8.